The average molecular weight is 360 g/mol. The SMILES string of the molecule is CCc1ccccc1NC(=O)CNS(=O)(=O)c1ccc(C(C)=O)cc1. The van der Waals surface area contributed by atoms with Crippen molar-refractivity contribution in [2.45, 2.75) is 25.2 Å². The summed E-state index contributed by atoms with van der Waals surface area (Å²) in [5.74, 6) is -0.601. The van der Waals surface area contributed by atoms with Gasteiger partial charge in [0.05, 0.1) is 11.4 Å². The highest BCUT2D eigenvalue weighted by Crippen LogP contribution is 2.15. The van der Waals surface area contributed by atoms with E-state index < -0.39 is 15.9 Å². The van der Waals surface area contributed by atoms with Crippen molar-refractivity contribution in [1.29, 1.82) is 0 Å². The number of carbonyl (C=O) groups excluding carboxylic acids is 2. The number of sulfonamides is 1. The van der Waals surface area contributed by atoms with Crippen molar-refractivity contribution in [3.8, 4) is 0 Å². The van der Waals surface area contributed by atoms with Crippen LogP contribution in [0.4, 0.5) is 5.69 Å². The molecule has 0 aliphatic carbocycles. The van der Waals surface area contributed by atoms with E-state index in [-0.39, 0.29) is 17.2 Å². The number of aryl methyl sites for hydroxylation is 1. The molecule has 0 heterocycles. The molecule has 0 aliphatic rings. The summed E-state index contributed by atoms with van der Waals surface area (Å²) in [6, 6.07) is 12.9. The van der Waals surface area contributed by atoms with Crippen molar-refractivity contribution in [3.05, 3.63) is 59.7 Å². The molecule has 0 radical (unpaired) electrons. The van der Waals surface area contributed by atoms with Crippen LogP contribution in [0.25, 0.3) is 0 Å². The van der Waals surface area contributed by atoms with Crippen molar-refractivity contribution < 1.29 is 18.0 Å². The van der Waals surface area contributed by atoms with Crippen molar-refractivity contribution in [3.63, 3.8) is 0 Å². The molecule has 0 atom stereocenters. The minimum atomic E-state index is -3.83. The number of hydrogen-bond donors (Lipinski definition) is 2. The number of Topliss-reactive ketones (excluding diaryl/α,β-unsaturated/α-hetero) is 1. The minimum absolute atomic E-state index is 0.000687. The molecule has 0 saturated heterocycles. The number of nitrogens with one attached hydrogen (secondary N) is 2. The summed E-state index contributed by atoms with van der Waals surface area (Å²) < 4.78 is 26.7. The van der Waals surface area contributed by atoms with Gasteiger partial charge in [0, 0.05) is 11.3 Å². The first-order valence-corrected chi connectivity index (χ1v) is 9.30. The van der Waals surface area contributed by atoms with Crippen LogP contribution >= 0.6 is 0 Å². The molecule has 2 aromatic rings. The number of amides is 1. The Labute approximate surface area is 147 Å². The van der Waals surface area contributed by atoms with Gasteiger partial charge >= 0.3 is 0 Å². The van der Waals surface area contributed by atoms with Gasteiger partial charge in [-0.15, -0.1) is 0 Å². The maximum absolute atomic E-state index is 12.2. The average Bonchev–Trinajstić information content (AvgIpc) is 2.60. The van der Waals surface area contributed by atoms with E-state index in [0.717, 1.165) is 12.0 Å². The fourth-order valence-electron chi connectivity index (χ4n) is 2.26. The van der Waals surface area contributed by atoms with E-state index in [1.54, 1.807) is 12.1 Å². The number of benzene rings is 2. The van der Waals surface area contributed by atoms with Crippen LogP contribution in [-0.2, 0) is 21.2 Å². The second-order valence-corrected chi connectivity index (χ2v) is 7.23. The maximum Gasteiger partial charge on any atom is 0.241 e. The van der Waals surface area contributed by atoms with Gasteiger partial charge in [-0.3, -0.25) is 9.59 Å². The van der Waals surface area contributed by atoms with E-state index >= 15 is 0 Å². The predicted molar refractivity (Wildman–Crippen MR) is 96.1 cm³/mol. The molecule has 6 nitrogen and oxygen atoms in total. The van der Waals surface area contributed by atoms with Gasteiger partial charge in [0.1, 0.15) is 0 Å². The molecule has 0 aliphatic heterocycles. The van der Waals surface area contributed by atoms with E-state index in [2.05, 4.69) is 10.0 Å². The highest BCUT2D eigenvalue weighted by atomic mass is 32.2. The monoisotopic (exact) mass is 360 g/mol. The third-order valence-corrected chi connectivity index (χ3v) is 5.08. The number of ketones is 1. The molecule has 25 heavy (non-hydrogen) atoms. The number of anilines is 1. The normalized spacial score (nSPS) is 11.1. The lowest BCUT2D eigenvalue weighted by molar-refractivity contribution is -0.115. The number of carbonyl (C=O) groups is 2. The van der Waals surface area contributed by atoms with Crippen molar-refractivity contribution in [2.75, 3.05) is 11.9 Å². The second kappa shape index (κ2) is 8.04. The lowest BCUT2D eigenvalue weighted by Gasteiger charge is -2.11. The molecular formula is C18H20N2O4S. The first kappa shape index (κ1) is 18.8. The van der Waals surface area contributed by atoms with Gasteiger partial charge in [-0.2, -0.15) is 0 Å². The second-order valence-electron chi connectivity index (χ2n) is 5.46. The fraction of sp³-hybridized carbons (Fsp3) is 0.222. The lowest BCUT2D eigenvalue weighted by atomic mass is 10.1. The Bertz CT molecular complexity index is 874. The van der Waals surface area contributed by atoms with Crippen LogP contribution in [0.5, 0.6) is 0 Å². The quantitative estimate of drug-likeness (QED) is 0.742. The van der Waals surface area contributed by atoms with Crippen LogP contribution in [0.3, 0.4) is 0 Å². The molecule has 0 aromatic heterocycles. The predicted octanol–water partition coefficient (Wildman–Crippen LogP) is 2.37. The highest BCUT2D eigenvalue weighted by molar-refractivity contribution is 7.89. The third kappa shape index (κ3) is 4.98. The van der Waals surface area contributed by atoms with Crippen LogP contribution in [0.2, 0.25) is 0 Å². The van der Waals surface area contributed by atoms with E-state index in [1.807, 2.05) is 19.1 Å². The first-order chi connectivity index (χ1) is 11.8. The zero-order valence-corrected chi connectivity index (χ0v) is 14.9. The summed E-state index contributed by atoms with van der Waals surface area (Å²) in [5, 5.41) is 2.70. The van der Waals surface area contributed by atoms with Gasteiger partial charge in [0.2, 0.25) is 15.9 Å². The van der Waals surface area contributed by atoms with Crippen LogP contribution < -0.4 is 10.0 Å². The topological polar surface area (TPSA) is 92.3 Å². The maximum atomic E-state index is 12.2. The highest BCUT2D eigenvalue weighted by Gasteiger charge is 2.16. The summed E-state index contributed by atoms with van der Waals surface area (Å²) in [6.45, 7) is 2.99. The number of para-hydroxylation sites is 1. The molecule has 132 valence electrons. The smallest absolute Gasteiger partial charge is 0.241 e. The molecule has 0 saturated carbocycles. The molecule has 0 unspecified atom stereocenters. The van der Waals surface area contributed by atoms with Crippen LogP contribution in [0, 0.1) is 0 Å². The molecule has 1 amide bonds. The molecule has 0 spiro atoms. The van der Waals surface area contributed by atoms with Gasteiger partial charge in [0.15, 0.2) is 5.78 Å². The van der Waals surface area contributed by atoms with Crippen LogP contribution in [0.15, 0.2) is 53.4 Å². The Balaban J connectivity index is 2.01. The van der Waals surface area contributed by atoms with Gasteiger partial charge in [-0.25, -0.2) is 13.1 Å². The van der Waals surface area contributed by atoms with Crippen LogP contribution in [0.1, 0.15) is 29.8 Å². The molecular weight excluding hydrogens is 340 g/mol. The third-order valence-electron chi connectivity index (χ3n) is 3.67. The van der Waals surface area contributed by atoms with E-state index in [4.69, 9.17) is 0 Å². The zero-order chi connectivity index (χ0) is 18.4. The van der Waals surface area contributed by atoms with E-state index in [1.165, 1.54) is 31.2 Å². The van der Waals surface area contributed by atoms with Gasteiger partial charge < -0.3 is 5.32 Å². The summed E-state index contributed by atoms with van der Waals surface area (Å²) >= 11 is 0. The Kier molecular flexibility index (Phi) is 6.06. The van der Waals surface area contributed by atoms with E-state index in [0.29, 0.717) is 11.3 Å². The Hall–Kier alpha value is -2.51. The summed E-state index contributed by atoms with van der Waals surface area (Å²) in [6.07, 6.45) is 0.755. The van der Waals surface area contributed by atoms with Crippen molar-refractivity contribution in [2.24, 2.45) is 0 Å². The molecule has 0 bridgehead atoms. The number of hydrogen-bond acceptors (Lipinski definition) is 4. The van der Waals surface area contributed by atoms with Gasteiger partial charge in [-0.1, -0.05) is 37.3 Å². The van der Waals surface area contributed by atoms with Gasteiger partial charge in [-0.05, 0) is 37.1 Å². The molecule has 2 aromatic carbocycles. The molecule has 7 heteroatoms. The fourth-order valence-corrected chi connectivity index (χ4v) is 3.24. The van der Waals surface area contributed by atoms with Crippen molar-refractivity contribution >= 4 is 27.4 Å². The Morgan fingerprint density at radius 2 is 1.64 bits per heavy atom. The standard InChI is InChI=1S/C18H20N2O4S/c1-3-14-6-4-5-7-17(14)20-18(22)12-19-25(23,24)16-10-8-15(9-11-16)13(2)21/h4-11,19H,3,12H2,1-2H3,(H,20,22). The Morgan fingerprint density at radius 3 is 2.24 bits per heavy atom. The summed E-state index contributed by atoms with van der Waals surface area (Å²) in [5.41, 5.74) is 2.06. The van der Waals surface area contributed by atoms with E-state index in [9.17, 15) is 18.0 Å². The lowest BCUT2D eigenvalue weighted by Crippen LogP contribution is -2.33. The van der Waals surface area contributed by atoms with Crippen molar-refractivity contribution in [1.82, 2.24) is 4.72 Å². The Morgan fingerprint density at radius 1 is 1.00 bits per heavy atom. The molecule has 0 fully saturated rings. The van der Waals surface area contributed by atoms with Crippen LogP contribution in [-0.4, -0.2) is 26.7 Å². The zero-order valence-electron chi connectivity index (χ0n) is 14.1. The first-order valence-electron chi connectivity index (χ1n) is 7.82. The molecule has 2 N–H and O–H groups in total. The van der Waals surface area contributed by atoms with Gasteiger partial charge in [0.25, 0.3) is 0 Å². The summed E-state index contributed by atoms with van der Waals surface area (Å²) in [7, 11) is -3.83. The number of rotatable bonds is 7. The largest absolute Gasteiger partial charge is 0.325 e. The summed E-state index contributed by atoms with van der Waals surface area (Å²) in [4.78, 5) is 23.2. The minimum Gasteiger partial charge on any atom is -0.325 e. The molecule has 2 rings (SSSR count).